The molecule has 122 valence electrons. The number of ether oxygens (including phenoxy) is 1. The van der Waals surface area contributed by atoms with Gasteiger partial charge in [0.1, 0.15) is 5.75 Å². The van der Waals surface area contributed by atoms with Gasteiger partial charge in [0.05, 0.1) is 6.61 Å². The third-order valence-electron chi connectivity index (χ3n) is 3.87. The fourth-order valence-electron chi connectivity index (χ4n) is 2.67. The van der Waals surface area contributed by atoms with E-state index in [0.29, 0.717) is 12.8 Å². The summed E-state index contributed by atoms with van der Waals surface area (Å²) in [5.41, 5.74) is 9.63. The zero-order valence-corrected chi connectivity index (χ0v) is 13.7. The van der Waals surface area contributed by atoms with Crippen LogP contribution in [0.4, 0.5) is 11.4 Å². The summed E-state index contributed by atoms with van der Waals surface area (Å²) in [6.07, 6.45) is 3.09. The molecular formula is C18H21ClN2O2. The number of nitrogens with one attached hydrogen (secondary N) is 1. The summed E-state index contributed by atoms with van der Waals surface area (Å²) < 4.78 is 5.58. The Morgan fingerprint density at radius 3 is 2.87 bits per heavy atom. The molecule has 0 bridgehead atoms. The smallest absolute Gasteiger partial charge is 0.224 e. The lowest BCUT2D eigenvalue weighted by atomic mass is 10.1. The van der Waals surface area contributed by atoms with Crippen molar-refractivity contribution >= 4 is 29.7 Å². The van der Waals surface area contributed by atoms with Crippen LogP contribution in [0.15, 0.2) is 42.5 Å². The van der Waals surface area contributed by atoms with Gasteiger partial charge >= 0.3 is 0 Å². The third kappa shape index (κ3) is 4.39. The van der Waals surface area contributed by atoms with Crippen LogP contribution in [0.1, 0.15) is 24.0 Å². The predicted molar refractivity (Wildman–Crippen MR) is 95.3 cm³/mol. The molecule has 0 aromatic heterocycles. The molecule has 0 saturated carbocycles. The summed E-state index contributed by atoms with van der Waals surface area (Å²) in [5, 5.41) is 2.95. The van der Waals surface area contributed by atoms with E-state index in [4.69, 9.17) is 10.5 Å². The summed E-state index contributed by atoms with van der Waals surface area (Å²) in [4.78, 5) is 12.1. The van der Waals surface area contributed by atoms with Gasteiger partial charge in [0.25, 0.3) is 0 Å². The van der Waals surface area contributed by atoms with Crippen molar-refractivity contribution in [3.05, 3.63) is 53.6 Å². The Labute approximate surface area is 142 Å². The highest BCUT2D eigenvalue weighted by molar-refractivity contribution is 5.91. The second-order valence-corrected chi connectivity index (χ2v) is 5.52. The van der Waals surface area contributed by atoms with E-state index in [1.165, 1.54) is 0 Å². The second-order valence-electron chi connectivity index (χ2n) is 5.52. The number of halogens is 1. The Hall–Kier alpha value is -2.20. The molecule has 0 radical (unpaired) electrons. The first-order valence-electron chi connectivity index (χ1n) is 7.61. The highest BCUT2D eigenvalue weighted by Gasteiger charge is 2.11. The van der Waals surface area contributed by atoms with Crippen molar-refractivity contribution in [3.63, 3.8) is 0 Å². The molecule has 0 spiro atoms. The average Bonchev–Trinajstić information content (AvgIpc) is 2.54. The Bertz CT molecular complexity index is 688. The van der Waals surface area contributed by atoms with E-state index >= 15 is 0 Å². The largest absolute Gasteiger partial charge is 0.493 e. The molecule has 3 N–H and O–H groups in total. The van der Waals surface area contributed by atoms with E-state index in [1.807, 2.05) is 42.5 Å². The summed E-state index contributed by atoms with van der Waals surface area (Å²) in [5.74, 6) is 0.932. The number of benzene rings is 2. The maximum atomic E-state index is 12.1. The predicted octanol–water partition coefficient (Wildman–Crippen LogP) is 3.59. The quantitative estimate of drug-likeness (QED) is 0.841. The number of carbonyl (C=O) groups is 1. The van der Waals surface area contributed by atoms with E-state index in [0.717, 1.165) is 47.7 Å². The van der Waals surface area contributed by atoms with Crippen LogP contribution in [0.5, 0.6) is 5.75 Å². The van der Waals surface area contributed by atoms with Crippen LogP contribution >= 0.6 is 12.4 Å². The van der Waals surface area contributed by atoms with Crippen molar-refractivity contribution in [1.29, 1.82) is 0 Å². The van der Waals surface area contributed by atoms with Crippen LogP contribution in [-0.2, 0) is 17.6 Å². The lowest BCUT2D eigenvalue weighted by Crippen LogP contribution is -2.14. The van der Waals surface area contributed by atoms with Crippen LogP contribution in [0.25, 0.3) is 0 Å². The molecule has 5 heteroatoms. The van der Waals surface area contributed by atoms with Crippen LogP contribution in [-0.4, -0.2) is 12.5 Å². The second kappa shape index (κ2) is 7.88. The molecular weight excluding hydrogens is 312 g/mol. The van der Waals surface area contributed by atoms with Gasteiger partial charge in [-0.05, 0) is 54.7 Å². The Morgan fingerprint density at radius 1 is 1.22 bits per heavy atom. The number of hydrogen-bond donors (Lipinski definition) is 2. The van der Waals surface area contributed by atoms with Crippen molar-refractivity contribution in [3.8, 4) is 5.75 Å². The van der Waals surface area contributed by atoms with E-state index in [2.05, 4.69) is 5.32 Å². The highest BCUT2D eigenvalue weighted by Crippen LogP contribution is 2.27. The van der Waals surface area contributed by atoms with Gasteiger partial charge < -0.3 is 15.8 Å². The number of anilines is 2. The highest BCUT2D eigenvalue weighted by atomic mass is 35.5. The molecule has 1 aliphatic rings. The number of hydrogen-bond acceptors (Lipinski definition) is 3. The normalized spacial score (nSPS) is 12.5. The first-order chi connectivity index (χ1) is 10.7. The molecule has 2 aromatic rings. The molecule has 0 unspecified atom stereocenters. The number of nitrogens with two attached hydrogens (primary N) is 1. The minimum absolute atomic E-state index is 0. The van der Waals surface area contributed by atoms with Crippen LogP contribution < -0.4 is 15.8 Å². The van der Waals surface area contributed by atoms with Gasteiger partial charge in [0, 0.05) is 17.8 Å². The number of rotatable bonds is 4. The van der Waals surface area contributed by atoms with Crippen molar-refractivity contribution in [2.24, 2.45) is 0 Å². The van der Waals surface area contributed by atoms with Gasteiger partial charge in [-0.15, -0.1) is 12.4 Å². The first kappa shape index (κ1) is 17.2. The fourth-order valence-corrected chi connectivity index (χ4v) is 2.67. The first-order valence-corrected chi connectivity index (χ1v) is 7.61. The summed E-state index contributed by atoms with van der Waals surface area (Å²) in [6.45, 7) is 0.775. The minimum atomic E-state index is -0.0000640. The molecule has 1 aliphatic heterocycles. The maximum absolute atomic E-state index is 12.1. The average molecular weight is 333 g/mol. The van der Waals surface area contributed by atoms with Gasteiger partial charge in [-0.25, -0.2) is 0 Å². The zero-order valence-electron chi connectivity index (χ0n) is 12.9. The third-order valence-corrected chi connectivity index (χ3v) is 3.87. The maximum Gasteiger partial charge on any atom is 0.224 e. The van der Waals surface area contributed by atoms with Crippen LogP contribution in [0.3, 0.4) is 0 Å². The molecule has 0 saturated heterocycles. The number of fused-ring (bicyclic) bond motifs is 1. The van der Waals surface area contributed by atoms with Crippen LogP contribution in [0, 0.1) is 0 Å². The van der Waals surface area contributed by atoms with Gasteiger partial charge in [-0.3, -0.25) is 4.79 Å². The molecule has 4 nitrogen and oxygen atoms in total. The summed E-state index contributed by atoms with van der Waals surface area (Å²) in [6, 6.07) is 13.5. The molecule has 0 aliphatic carbocycles. The van der Waals surface area contributed by atoms with Gasteiger partial charge in [-0.2, -0.15) is 0 Å². The number of aryl methyl sites for hydroxylation is 2. The Kier molecular flexibility index (Phi) is 5.88. The molecule has 3 rings (SSSR count). The van der Waals surface area contributed by atoms with Gasteiger partial charge in [0.2, 0.25) is 5.91 Å². The number of nitrogen functional groups attached to an aromatic ring is 1. The monoisotopic (exact) mass is 332 g/mol. The zero-order chi connectivity index (χ0) is 15.4. The van der Waals surface area contributed by atoms with Gasteiger partial charge in [-0.1, -0.05) is 18.2 Å². The van der Waals surface area contributed by atoms with Crippen LogP contribution in [0.2, 0.25) is 0 Å². The van der Waals surface area contributed by atoms with Crippen molar-refractivity contribution in [2.75, 3.05) is 17.7 Å². The summed E-state index contributed by atoms with van der Waals surface area (Å²) >= 11 is 0. The lowest BCUT2D eigenvalue weighted by molar-refractivity contribution is -0.116. The molecule has 0 atom stereocenters. The van der Waals surface area contributed by atoms with E-state index < -0.39 is 0 Å². The Morgan fingerprint density at radius 2 is 2.04 bits per heavy atom. The lowest BCUT2D eigenvalue weighted by Gasteiger charge is -2.18. The summed E-state index contributed by atoms with van der Waals surface area (Å²) in [7, 11) is 0. The van der Waals surface area contributed by atoms with Crippen molar-refractivity contribution < 1.29 is 9.53 Å². The topological polar surface area (TPSA) is 64.4 Å². The molecule has 1 heterocycles. The Balaban J connectivity index is 0.00000192. The minimum Gasteiger partial charge on any atom is -0.493 e. The van der Waals surface area contributed by atoms with E-state index in [9.17, 15) is 4.79 Å². The van der Waals surface area contributed by atoms with E-state index in [-0.39, 0.29) is 18.3 Å². The standard InChI is InChI=1S/C18H20N2O2.ClH/c19-16-6-2-1-4-13(16)7-10-18(21)20-15-8-9-17-14(12-15)5-3-11-22-17;/h1-2,4,6,8-9,12H,3,5,7,10-11,19H2,(H,20,21);1H. The SMILES string of the molecule is Cl.Nc1ccccc1CCC(=O)Nc1ccc2c(c1)CCCO2. The molecule has 23 heavy (non-hydrogen) atoms. The number of carbonyl (C=O) groups excluding carboxylic acids is 1. The number of para-hydroxylation sites is 1. The van der Waals surface area contributed by atoms with E-state index in [1.54, 1.807) is 0 Å². The van der Waals surface area contributed by atoms with Gasteiger partial charge in [0.15, 0.2) is 0 Å². The van der Waals surface area contributed by atoms with Crippen molar-refractivity contribution in [1.82, 2.24) is 0 Å². The molecule has 1 amide bonds. The molecule has 2 aromatic carbocycles. The molecule has 0 fully saturated rings. The fraction of sp³-hybridized carbons (Fsp3) is 0.278. The number of amides is 1. The van der Waals surface area contributed by atoms with Crippen molar-refractivity contribution in [2.45, 2.75) is 25.7 Å².